The molecule has 178 valence electrons. The Kier molecular flexibility index (Phi) is 6.97. The van der Waals surface area contributed by atoms with Crippen LogP contribution < -0.4 is 5.32 Å². The molecule has 10 heteroatoms. The first-order chi connectivity index (χ1) is 16.3. The number of rotatable bonds is 7. The van der Waals surface area contributed by atoms with Crippen LogP contribution >= 0.6 is 0 Å². The minimum atomic E-state index is -3.78. The molecule has 2 aromatic carbocycles. The van der Waals surface area contributed by atoms with Gasteiger partial charge < -0.3 is 15.3 Å². The normalized spacial score (nSPS) is 18.8. The molecule has 4 rings (SSSR count). The summed E-state index contributed by atoms with van der Waals surface area (Å²) < 4.78 is 26.9. The summed E-state index contributed by atoms with van der Waals surface area (Å²) in [5.41, 5.74) is 1.87. The van der Waals surface area contributed by atoms with Gasteiger partial charge in [-0.2, -0.15) is 9.57 Å². The molecule has 2 heterocycles. The Morgan fingerprint density at radius 1 is 1.12 bits per heavy atom. The topological polar surface area (TPSA) is 131 Å². The van der Waals surface area contributed by atoms with E-state index in [0.29, 0.717) is 25.9 Å². The molecular formula is C24H26N4O5S. The van der Waals surface area contributed by atoms with Crippen molar-refractivity contribution in [1.82, 2.24) is 14.5 Å². The number of nitrogens with zero attached hydrogens (tertiary/aromatic N) is 3. The van der Waals surface area contributed by atoms with Gasteiger partial charge in [-0.1, -0.05) is 30.3 Å². The fraction of sp³-hybridized carbons (Fsp3) is 0.375. The maximum atomic E-state index is 13.2. The van der Waals surface area contributed by atoms with Gasteiger partial charge >= 0.3 is 0 Å². The summed E-state index contributed by atoms with van der Waals surface area (Å²) in [6.07, 6.45) is 1.21. The zero-order valence-electron chi connectivity index (χ0n) is 18.6. The number of nitriles is 1. The van der Waals surface area contributed by atoms with Gasteiger partial charge in [0.25, 0.3) is 5.91 Å². The van der Waals surface area contributed by atoms with Gasteiger partial charge in [0.15, 0.2) is 0 Å². The van der Waals surface area contributed by atoms with Gasteiger partial charge in [0.05, 0.1) is 23.5 Å². The van der Waals surface area contributed by atoms with Crippen molar-refractivity contribution in [2.45, 2.75) is 36.9 Å². The number of nitrogens with one attached hydrogen (secondary N) is 1. The number of aliphatic hydroxyl groups is 1. The first kappa shape index (κ1) is 23.9. The highest BCUT2D eigenvalue weighted by Gasteiger charge is 2.38. The first-order valence-corrected chi connectivity index (χ1v) is 12.5. The average molecular weight is 483 g/mol. The molecule has 2 aromatic rings. The molecule has 0 aliphatic carbocycles. The number of aliphatic hydroxyl groups excluding tert-OH is 1. The number of benzene rings is 2. The first-order valence-electron chi connectivity index (χ1n) is 11.1. The summed E-state index contributed by atoms with van der Waals surface area (Å²) >= 11 is 0. The zero-order chi connectivity index (χ0) is 24.3. The van der Waals surface area contributed by atoms with Crippen LogP contribution in [0.3, 0.4) is 0 Å². The minimum absolute atomic E-state index is 0.00117. The van der Waals surface area contributed by atoms with E-state index in [9.17, 15) is 18.0 Å². The van der Waals surface area contributed by atoms with Crippen molar-refractivity contribution in [3.63, 3.8) is 0 Å². The lowest BCUT2D eigenvalue weighted by atomic mass is 10.1. The molecule has 0 spiro atoms. The Labute approximate surface area is 198 Å². The van der Waals surface area contributed by atoms with E-state index in [1.54, 1.807) is 18.2 Å². The van der Waals surface area contributed by atoms with Crippen molar-refractivity contribution in [2.24, 2.45) is 5.92 Å². The lowest BCUT2D eigenvalue weighted by Gasteiger charge is -2.34. The molecule has 1 atom stereocenters. The summed E-state index contributed by atoms with van der Waals surface area (Å²) in [5.74, 6) is -0.958. The molecule has 0 unspecified atom stereocenters. The second kappa shape index (κ2) is 9.93. The standard InChI is InChI=1S/C24H26N4O5S/c25-12-19-14-27(15-19)34(32,33)21-4-1-3-20(11-21)24(31)28-10-2-5-22(28)23(30)26-13-17-6-8-18(16-29)9-7-17/h1,3-4,6-9,11,19,22,29H,2,5,10,13-16H2,(H,26,30)/t22-/m1/s1. The summed E-state index contributed by atoms with van der Waals surface area (Å²) in [7, 11) is -3.78. The van der Waals surface area contributed by atoms with Crippen LogP contribution in [-0.2, 0) is 28.0 Å². The number of carbonyl (C=O) groups excluding carboxylic acids is 2. The molecule has 2 aliphatic rings. The number of hydrogen-bond acceptors (Lipinski definition) is 6. The Hall–Kier alpha value is -3.26. The maximum absolute atomic E-state index is 13.2. The van der Waals surface area contributed by atoms with Crippen molar-refractivity contribution in [3.8, 4) is 6.07 Å². The van der Waals surface area contributed by atoms with Gasteiger partial charge in [-0.15, -0.1) is 0 Å². The van der Waals surface area contributed by atoms with E-state index in [-0.39, 0.29) is 47.9 Å². The fourth-order valence-corrected chi connectivity index (χ4v) is 5.75. The zero-order valence-corrected chi connectivity index (χ0v) is 19.4. The van der Waals surface area contributed by atoms with Crippen LogP contribution in [0.15, 0.2) is 53.4 Å². The van der Waals surface area contributed by atoms with Gasteiger partial charge in [0.2, 0.25) is 15.9 Å². The van der Waals surface area contributed by atoms with E-state index < -0.39 is 16.1 Å². The Morgan fingerprint density at radius 3 is 2.50 bits per heavy atom. The van der Waals surface area contributed by atoms with E-state index in [0.717, 1.165) is 11.1 Å². The second-order valence-electron chi connectivity index (χ2n) is 8.52. The monoisotopic (exact) mass is 482 g/mol. The van der Waals surface area contributed by atoms with Crippen LogP contribution in [0.1, 0.15) is 34.3 Å². The fourth-order valence-electron chi connectivity index (χ4n) is 4.17. The maximum Gasteiger partial charge on any atom is 0.254 e. The summed E-state index contributed by atoms with van der Waals surface area (Å²) in [5, 5.41) is 20.9. The van der Waals surface area contributed by atoms with E-state index >= 15 is 0 Å². The van der Waals surface area contributed by atoms with Gasteiger partial charge in [-0.3, -0.25) is 9.59 Å². The predicted molar refractivity (Wildman–Crippen MR) is 123 cm³/mol. The Balaban J connectivity index is 1.43. The lowest BCUT2D eigenvalue weighted by Crippen LogP contribution is -2.49. The number of likely N-dealkylation sites (tertiary alicyclic amines) is 1. The highest BCUT2D eigenvalue weighted by molar-refractivity contribution is 7.89. The third kappa shape index (κ3) is 4.82. The lowest BCUT2D eigenvalue weighted by molar-refractivity contribution is -0.125. The number of sulfonamides is 1. The predicted octanol–water partition coefficient (Wildman–Crippen LogP) is 1.24. The highest BCUT2D eigenvalue weighted by Crippen LogP contribution is 2.26. The smallest absolute Gasteiger partial charge is 0.254 e. The molecular weight excluding hydrogens is 456 g/mol. The molecule has 9 nitrogen and oxygen atoms in total. The Morgan fingerprint density at radius 2 is 1.82 bits per heavy atom. The van der Waals surface area contributed by atoms with Gasteiger partial charge in [-0.05, 0) is 42.2 Å². The largest absolute Gasteiger partial charge is 0.392 e. The van der Waals surface area contributed by atoms with E-state index in [2.05, 4.69) is 5.32 Å². The number of carbonyl (C=O) groups is 2. The summed E-state index contributed by atoms with van der Waals surface area (Å²) in [4.78, 5) is 27.5. The third-order valence-corrected chi connectivity index (χ3v) is 8.07. The highest BCUT2D eigenvalue weighted by atomic mass is 32.2. The summed E-state index contributed by atoms with van der Waals surface area (Å²) in [6.45, 7) is 0.959. The molecule has 2 saturated heterocycles. The molecule has 0 saturated carbocycles. The van der Waals surface area contributed by atoms with Crippen molar-refractivity contribution in [2.75, 3.05) is 19.6 Å². The molecule has 0 aromatic heterocycles. The average Bonchev–Trinajstić information content (AvgIpc) is 3.32. The SMILES string of the molecule is N#CC1CN(S(=O)(=O)c2cccc(C(=O)N3CCC[C@@H]3C(=O)NCc3ccc(CO)cc3)c2)C1. The van der Waals surface area contributed by atoms with Crippen LogP contribution in [0.5, 0.6) is 0 Å². The van der Waals surface area contributed by atoms with Gasteiger partial charge in [-0.25, -0.2) is 8.42 Å². The van der Waals surface area contributed by atoms with Crippen LogP contribution in [0, 0.1) is 17.2 Å². The van der Waals surface area contributed by atoms with Crippen LogP contribution in [0.2, 0.25) is 0 Å². The molecule has 2 fully saturated rings. The van der Waals surface area contributed by atoms with Crippen molar-refractivity contribution < 1.29 is 23.1 Å². The molecule has 2 N–H and O–H groups in total. The minimum Gasteiger partial charge on any atom is -0.392 e. The van der Waals surface area contributed by atoms with Crippen LogP contribution in [0.25, 0.3) is 0 Å². The second-order valence-corrected chi connectivity index (χ2v) is 10.5. The molecule has 2 aliphatic heterocycles. The summed E-state index contributed by atoms with van der Waals surface area (Å²) in [6, 6.07) is 14.5. The third-order valence-electron chi connectivity index (χ3n) is 6.24. The number of hydrogen-bond donors (Lipinski definition) is 2. The van der Waals surface area contributed by atoms with E-state index in [4.69, 9.17) is 10.4 Å². The Bertz CT molecular complexity index is 1220. The van der Waals surface area contributed by atoms with Crippen molar-refractivity contribution in [3.05, 3.63) is 65.2 Å². The van der Waals surface area contributed by atoms with Crippen molar-refractivity contribution in [1.29, 1.82) is 5.26 Å². The van der Waals surface area contributed by atoms with Crippen LogP contribution in [0.4, 0.5) is 0 Å². The van der Waals surface area contributed by atoms with E-state index in [1.165, 1.54) is 27.4 Å². The quantitative estimate of drug-likeness (QED) is 0.611. The van der Waals surface area contributed by atoms with Gasteiger partial charge in [0, 0.05) is 31.7 Å². The van der Waals surface area contributed by atoms with Crippen LogP contribution in [-0.4, -0.2) is 60.2 Å². The van der Waals surface area contributed by atoms with E-state index in [1.807, 2.05) is 18.2 Å². The van der Waals surface area contributed by atoms with Gasteiger partial charge in [0.1, 0.15) is 6.04 Å². The molecule has 0 bridgehead atoms. The molecule has 0 radical (unpaired) electrons. The molecule has 34 heavy (non-hydrogen) atoms. The molecule has 2 amide bonds. The van der Waals surface area contributed by atoms with Crippen molar-refractivity contribution >= 4 is 21.8 Å². The number of amides is 2.